The summed E-state index contributed by atoms with van der Waals surface area (Å²) in [4.78, 5) is 16.8. The molecule has 1 atom stereocenters. The highest BCUT2D eigenvalue weighted by atomic mass is 16.8. The predicted octanol–water partition coefficient (Wildman–Crippen LogP) is 1.90. The van der Waals surface area contributed by atoms with Crippen LogP contribution in [-0.2, 0) is 20.8 Å². The first-order valence-electron chi connectivity index (χ1n) is 6.58. The number of carbonyl (C=O) groups is 1. The van der Waals surface area contributed by atoms with Gasteiger partial charge in [-0.15, -0.1) is 0 Å². The van der Waals surface area contributed by atoms with Crippen molar-refractivity contribution in [2.24, 2.45) is 0 Å². The molecule has 0 saturated carbocycles. The van der Waals surface area contributed by atoms with Gasteiger partial charge in [0.15, 0.2) is 6.29 Å². The largest absolute Gasteiger partial charge is 0.508 e. The Kier molecular flexibility index (Phi) is 5.18. The van der Waals surface area contributed by atoms with Gasteiger partial charge in [0.2, 0.25) is 5.91 Å². The maximum absolute atomic E-state index is 11.6. The molecule has 19 heavy (non-hydrogen) atoms. The quantitative estimate of drug-likeness (QED) is 0.798. The molecule has 1 aromatic carbocycles. The molecule has 1 heterocycles. The number of hydrogen-bond donors (Lipinski definition) is 2. The number of phenols is 1. The highest BCUT2D eigenvalue weighted by Crippen LogP contribution is 2.17. The van der Waals surface area contributed by atoms with Crippen molar-refractivity contribution < 1.29 is 19.5 Å². The second-order valence-electron chi connectivity index (χ2n) is 4.57. The summed E-state index contributed by atoms with van der Waals surface area (Å²) in [5.41, 5.74) is 3.15. The smallest absolute Gasteiger partial charge is 0.243 e. The first-order chi connectivity index (χ1) is 9.25. The zero-order valence-electron chi connectivity index (χ0n) is 10.8. The van der Waals surface area contributed by atoms with E-state index in [-0.39, 0.29) is 24.4 Å². The zero-order chi connectivity index (χ0) is 13.5. The van der Waals surface area contributed by atoms with E-state index >= 15 is 0 Å². The minimum Gasteiger partial charge on any atom is -0.508 e. The molecular formula is C14H19NO4. The molecule has 2 rings (SSSR count). The Bertz CT molecular complexity index is 416. The molecule has 2 N–H and O–H groups in total. The lowest BCUT2D eigenvalue weighted by Gasteiger charge is -2.22. The minimum absolute atomic E-state index is 0.211. The molecule has 104 valence electrons. The summed E-state index contributed by atoms with van der Waals surface area (Å²) < 4.78 is 5.33. The number of aryl methyl sites for hydroxylation is 1. The third-order valence-electron chi connectivity index (χ3n) is 3.06. The van der Waals surface area contributed by atoms with Crippen LogP contribution in [0.25, 0.3) is 0 Å². The van der Waals surface area contributed by atoms with E-state index in [9.17, 15) is 9.90 Å². The van der Waals surface area contributed by atoms with Crippen LogP contribution in [0.1, 0.15) is 31.2 Å². The van der Waals surface area contributed by atoms with Crippen LogP contribution in [0.3, 0.4) is 0 Å². The fraction of sp³-hybridized carbons (Fsp3) is 0.500. The molecular weight excluding hydrogens is 246 g/mol. The Hall–Kier alpha value is -1.59. The first kappa shape index (κ1) is 13.8. The summed E-state index contributed by atoms with van der Waals surface area (Å²) in [6.07, 6.45) is 3.32. The molecule has 1 aliphatic heterocycles. The van der Waals surface area contributed by atoms with Gasteiger partial charge in [0.1, 0.15) is 5.75 Å². The van der Waals surface area contributed by atoms with Crippen LogP contribution in [0.15, 0.2) is 24.3 Å². The molecule has 0 spiro atoms. The average molecular weight is 265 g/mol. The Morgan fingerprint density at radius 1 is 1.42 bits per heavy atom. The molecule has 5 heteroatoms. The van der Waals surface area contributed by atoms with Crippen molar-refractivity contribution in [3.05, 3.63) is 29.8 Å². The van der Waals surface area contributed by atoms with Crippen molar-refractivity contribution in [1.29, 1.82) is 0 Å². The van der Waals surface area contributed by atoms with Gasteiger partial charge in [0.25, 0.3) is 0 Å². The van der Waals surface area contributed by atoms with E-state index in [1.54, 1.807) is 18.2 Å². The maximum atomic E-state index is 11.6. The molecule has 0 radical (unpaired) electrons. The molecule has 5 nitrogen and oxygen atoms in total. The van der Waals surface area contributed by atoms with E-state index in [1.165, 1.54) is 0 Å². The molecule has 0 aliphatic carbocycles. The van der Waals surface area contributed by atoms with Gasteiger partial charge in [-0.25, -0.2) is 10.3 Å². The lowest BCUT2D eigenvalue weighted by molar-refractivity contribution is -0.200. The van der Waals surface area contributed by atoms with Gasteiger partial charge >= 0.3 is 0 Å². The minimum atomic E-state index is -0.331. The molecule has 1 amide bonds. The summed E-state index contributed by atoms with van der Waals surface area (Å²) >= 11 is 0. The topological polar surface area (TPSA) is 67.8 Å². The van der Waals surface area contributed by atoms with Crippen molar-refractivity contribution in [2.45, 2.75) is 38.4 Å². The van der Waals surface area contributed by atoms with E-state index in [1.807, 2.05) is 6.07 Å². The number of ether oxygens (including phenoxy) is 1. The van der Waals surface area contributed by atoms with E-state index in [2.05, 4.69) is 5.48 Å². The number of benzene rings is 1. The number of hydrogen-bond acceptors (Lipinski definition) is 4. The van der Waals surface area contributed by atoms with Crippen LogP contribution in [0.5, 0.6) is 5.75 Å². The van der Waals surface area contributed by atoms with Crippen molar-refractivity contribution in [3.8, 4) is 5.75 Å². The van der Waals surface area contributed by atoms with Crippen LogP contribution in [0.2, 0.25) is 0 Å². The molecule has 0 unspecified atom stereocenters. The number of amides is 1. The lowest BCUT2D eigenvalue weighted by Crippen LogP contribution is -2.33. The van der Waals surface area contributed by atoms with E-state index in [0.29, 0.717) is 13.0 Å². The lowest BCUT2D eigenvalue weighted by atomic mass is 10.1. The Morgan fingerprint density at radius 2 is 2.26 bits per heavy atom. The van der Waals surface area contributed by atoms with E-state index < -0.39 is 0 Å². The molecule has 0 aromatic heterocycles. The summed E-state index contributed by atoms with van der Waals surface area (Å²) in [5, 5.41) is 9.57. The van der Waals surface area contributed by atoms with Crippen molar-refractivity contribution in [2.75, 3.05) is 6.61 Å². The van der Waals surface area contributed by atoms with Crippen LogP contribution >= 0.6 is 0 Å². The number of nitrogens with one attached hydrogen (secondary N) is 1. The highest BCUT2D eigenvalue weighted by molar-refractivity contribution is 5.75. The van der Waals surface area contributed by atoms with Crippen molar-refractivity contribution >= 4 is 5.91 Å². The van der Waals surface area contributed by atoms with Gasteiger partial charge in [-0.1, -0.05) is 18.2 Å². The first-order valence-corrected chi connectivity index (χ1v) is 6.58. The maximum Gasteiger partial charge on any atom is 0.243 e. The van der Waals surface area contributed by atoms with E-state index in [4.69, 9.17) is 9.57 Å². The molecule has 1 fully saturated rings. The number of phenolic OH excluding ortho intramolecular Hbond substituents is 1. The summed E-state index contributed by atoms with van der Waals surface area (Å²) in [5.74, 6) is 0.00394. The third-order valence-corrected chi connectivity index (χ3v) is 3.06. The van der Waals surface area contributed by atoms with Crippen LogP contribution < -0.4 is 5.48 Å². The second kappa shape index (κ2) is 7.11. The third kappa shape index (κ3) is 4.54. The number of rotatable bonds is 5. The number of para-hydroxylation sites is 1. The van der Waals surface area contributed by atoms with Crippen molar-refractivity contribution in [3.63, 3.8) is 0 Å². The average Bonchev–Trinajstić information content (AvgIpc) is 2.45. The van der Waals surface area contributed by atoms with Gasteiger partial charge in [0, 0.05) is 19.4 Å². The monoisotopic (exact) mass is 265 g/mol. The zero-order valence-corrected chi connectivity index (χ0v) is 10.8. The number of aromatic hydroxyl groups is 1. The number of carbonyl (C=O) groups excluding carboxylic acids is 1. The summed E-state index contributed by atoms with van der Waals surface area (Å²) in [7, 11) is 0. The second-order valence-corrected chi connectivity index (χ2v) is 4.57. The molecule has 1 aromatic rings. The van der Waals surface area contributed by atoms with Gasteiger partial charge < -0.3 is 9.84 Å². The van der Waals surface area contributed by atoms with Crippen molar-refractivity contribution in [1.82, 2.24) is 5.48 Å². The predicted molar refractivity (Wildman–Crippen MR) is 69.2 cm³/mol. The van der Waals surface area contributed by atoms with Gasteiger partial charge in [-0.2, -0.15) is 0 Å². The Morgan fingerprint density at radius 3 is 3.00 bits per heavy atom. The fourth-order valence-electron chi connectivity index (χ4n) is 1.96. The highest BCUT2D eigenvalue weighted by Gasteiger charge is 2.15. The van der Waals surface area contributed by atoms with Gasteiger partial charge in [0.05, 0.1) is 0 Å². The summed E-state index contributed by atoms with van der Waals surface area (Å²) in [6.45, 7) is 0.679. The SMILES string of the molecule is O=C(CCc1ccccc1O)NO[C@H]1CCCCO1. The van der Waals surface area contributed by atoms with Crippen LogP contribution in [0, 0.1) is 0 Å². The Labute approximate surface area is 112 Å². The molecule has 0 bridgehead atoms. The number of hydroxylamine groups is 1. The standard InChI is InChI=1S/C14H19NO4/c16-12-6-2-1-5-11(12)8-9-13(17)15-19-14-7-3-4-10-18-14/h1-2,5-6,14,16H,3-4,7-10H2,(H,15,17)/t14-/m0/s1. The molecule has 1 aliphatic rings. The van der Waals surface area contributed by atoms with Crippen LogP contribution in [0.4, 0.5) is 0 Å². The van der Waals surface area contributed by atoms with Crippen LogP contribution in [-0.4, -0.2) is 23.9 Å². The van der Waals surface area contributed by atoms with E-state index in [0.717, 1.165) is 24.8 Å². The fourth-order valence-corrected chi connectivity index (χ4v) is 1.96. The molecule has 1 saturated heterocycles. The Balaban J connectivity index is 1.68. The van der Waals surface area contributed by atoms with Gasteiger partial charge in [-0.3, -0.25) is 4.79 Å². The normalized spacial score (nSPS) is 19.1. The summed E-state index contributed by atoms with van der Waals surface area (Å²) in [6, 6.07) is 7.00. The van der Waals surface area contributed by atoms with Gasteiger partial charge in [-0.05, 0) is 30.9 Å².